The number of carboxylic acids is 1. The van der Waals surface area contributed by atoms with Crippen molar-refractivity contribution in [2.24, 2.45) is 5.92 Å². The van der Waals surface area contributed by atoms with Crippen LogP contribution in [0.4, 0.5) is 11.4 Å². The van der Waals surface area contributed by atoms with Gasteiger partial charge in [-0.3, -0.25) is 14.9 Å². The van der Waals surface area contributed by atoms with Gasteiger partial charge in [0.2, 0.25) is 0 Å². The molecule has 0 aromatic heterocycles. The van der Waals surface area contributed by atoms with Crippen molar-refractivity contribution >= 4 is 25.7 Å². The van der Waals surface area contributed by atoms with E-state index in [9.17, 15) is 14.9 Å². The highest BCUT2D eigenvalue weighted by Crippen LogP contribution is 2.41. The average molecular weight is 493 g/mol. The first kappa shape index (κ1) is 28.3. The van der Waals surface area contributed by atoms with Gasteiger partial charge in [-0.25, -0.2) is 0 Å². The first-order valence-corrected chi connectivity index (χ1v) is 15.5. The molecular weight excluding hydrogens is 448 g/mol. The molecule has 192 valence electrons. The Morgan fingerprint density at radius 3 is 2.26 bits per heavy atom. The third-order valence-corrected chi connectivity index (χ3v) is 12.0. The lowest BCUT2D eigenvalue weighted by molar-refractivity contribution is -0.384. The van der Waals surface area contributed by atoms with E-state index in [2.05, 4.69) is 52.6 Å². The lowest BCUT2D eigenvalue weighted by Crippen LogP contribution is -2.47. The number of hydrogen-bond acceptors (Lipinski definition) is 5. The summed E-state index contributed by atoms with van der Waals surface area (Å²) in [6.45, 7) is 18.2. The fourth-order valence-electron chi connectivity index (χ4n) is 4.52. The molecule has 8 heteroatoms. The lowest BCUT2D eigenvalue weighted by atomic mass is 9.90. The minimum absolute atomic E-state index is 0.0511. The molecule has 34 heavy (non-hydrogen) atoms. The van der Waals surface area contributed by atoms with Crippen LogP contribution in [0.3, 0.4) is 0 Å². The molecule has 1 aliphatic carbocycles. The van der Waals surface area contributed by atoms with Crippen LogP contribution in [-0.2, 0) is 9.22 Å². The number of anilines is 1. The van der Waals surface area contributed by atoms with Crippen molar-refractivity contribution in [1.29, 1.82) is 0 Å². The summed E-state index contributed by atoms with van der Waals surface area (Å²) in [4.78, 5) is 25.1. The number of nitrogens with zero attached hydrogens (tertiary/aromatic N) is 2. The third-order valence-electron chi connectivity index (χ3n) is 7.47. The van der Waals surface area contributed by atoms with E-state index < -0.39 is 14.3 Å². The summed E-state index contributed by atoms with van der Waals surface area (Å²) >= 11 is 0. The van der Waals surface area contributed by atoms with E-state index in [0.717, 1.165) is 32.2 Å². The highest BCUT2D eigenvalue weighted by atomic mass is 28.4. The van der Waals surface area contributed by atoms with E-state index in [-0.39, 0.29) is 40.1 Å². The number of rotatable bonds is 10. The molecule has 1 aromatic rings. The van der Waals surface area contributed by atoms with Crippen LogP contribution in [0.1, 0.15) is 85.1 Å². The van der Waals surface area contributed by atoms with E-state index in [4.69, 9.17) is 9.53 Å². The van der Waals surface area contributed by atoms with Gasteiger partial charge >= 0.3 is 5.97 Å². The molecular formula is C26H44N2O5Si. The van der Waals surface area contributed by atoms with E-state index >= 15 is 0 Å². The second-order valence-corrected chi connectivity index (χ2v) is 16.6. The molecule has 1 N–H and O–H groups in total. The van der Waals surface area contributed by atoms with Crippen LogP contribution >= 0.6 is 0 Å². The summed E-state index contributed by atoms with van der Waals surface area (Å²) in [5.41, 5.74) is 1.39. The zero-order chi connectivity index (χ0) is 25.8. The highest BCUT2D eigenvalue weighted by Gasteiger charge is 2.40. The Kier molecular flexibility index (Phi) is 9.33. The maximum atomic E-state index is 12.0. The quantitative estimate of drug-likeness (QED) is 0.215. The van der Waals surface area contributed by atoms with Gasteiger partial charge in [-0.15, -0.1) is 0 Å². The van der Waals surface area contributed by atoms with Gasteiger partial charge in [-0.1, -0.05) is 47.6 Å². The van der Waals surface area contributed by atoms with Crippen LogP contribution in [-0.4, -0.2) is 43.0 Å². The molecule has 1 fully saturated rings. The van der Waals surface area contributed by atoms with Crippen LogP contribution < -0.4 is 4.90 Å². The molecule has 2 rings (SSSR count). The van der Waals surface area contributed by atoms with Crippen molar-refractivity contribution in [2.75, 3.05) is 11.4 Å². The Morgan fingerprint density at radius 1 is 1.21 bits per heavy atom. The Bertz CT molecular complexity index is 857. The minimum atomic E-state index is -1.83. The summed E-state index contributed by atoms with van der Waals surface area (Å²) < 4.78 is 6.66. The van der Waals surface area contributed by atoms with Gasteiger partial charge in [0.15, 0.2) is 8.32 Å². The van der Waals surface area contributed by atoms with Crippen molar-refractivity contribution in [2.45, 2.75) is 110 Å². The number of nitro benzene ring substituents is 1. The van der Waals surface area contributed by atoms with Crippen LogP contribution in [0.5, 0.6) is 0 Å². The van der Waals surface area contributed by atoms with Gasteiger partial charge < -0.3 is 14.4 Å². The number of carboxylic acid groups (broad SMARTS) is 1. The average Bonchev–Trinajstić information content (AvgIpc) is 2.70. The minimum Gasteiger partial charge on any atom is -0.481 e. The van der Waals surface area contributed by atoms with Crippen LogP contribution in [0, 0.1) is 16.0 Å². The first-order valence-electron chi connectivity index (χ1n) is 12.6. The van der Waals surface area contributed by atoms with Gasteiger partial charge in [-0.05, 0) is 67.3 Å². The molecule has 1 unspecified atom stereocenters. The zero-order valence-corrected chi connectivity index (χ0v) is 23.3. The number of nitro groups is 1. The lowest BCUT2D eigenvalue weighted by Gasteiger charge is -2.43. The Balaban J connectivity index is 2.26. The third kappa shape index (κ3) is 7.28. The molecule has 0 saturated heterocycles. The molecule has 7 nitrogen and oxygen atoms in total. The molecule has 0 amide bonds. The fraction of sp³-hybridized carbons (Fsp3) is 0.731. The van der Waals surface area contributed by atoms with Crippen molar-refractivity contribution in [3.8, 4) is 0 Å². The summed E-state index contributed by atoms with van der Waals surface area (Å²) in [6, 6.07) is 5.48. The smallest absolute Gasteiger partial charge is 0.303 e. The molecule has 0 spiro atoms. The SMILES string of the molecule is CC(C)CN(c1ccc(C(C)CC(=O)O)cc1[N+](=O)[O-])C1CCC(O[Si](C)(C)C(C)(C)C)CC1. The number of carbonyl (C=O) groups is 1. The number of hydrogen-bond donors (Lipinski definition) is 1. The van der Waals surface area contributed by atoms with Gasteiger partial charge in [-0.2, -0.15) is 0 Å². The topological polar surface area (TPSA) is 92.9 Å². The van der Waals surface area contributed by atoms with Gasteiger partial charge in [0, 0.05) is 24.8 Å². The maximum absolute atomic E-state index is 12.0. The second kappa shape index (κ2) is 11.2. The largest absolute Gasteiger partial charge is 0.481 e. The van der Waals surface area contributed by atoms with Crippen LogP contribution in [0.15, 0.2) is 18.2 Å². The predicted molar refractivity (Wildman–Crippen MR) is 140 cm³/mol. The Morgan fingerprint density at radius 2 is 1.79 bits per heavy atom. The Hall–Kier alpha value is -1.93. The standard InChI is InChI=1S/C26H44N2O5Si/c1-18(2)17-27(21-10-12-22(13-11-21)33-34(7,8)26(4,5)6)23-14-9-20(16-24(23)28(31)32)19(3)15-25(29)30/h9,14,16,18-19,21-22H,10-13,15,17H2,1-8H3,(H,29,30). The summed E-state index contributed by atoms with van der Waals surface area (Å²) in [5, 5.41) is 21.3. The molecule has 1 aromatic carbocycles. The molecule has 0 heterocycles. The Labute approximate surface area is 206 Å². The molecule has 0 radical (unpaired) electrons. The van der Waals surface area contributed by atoms with Gasteiger partial charge in [0.05, 0.1) is 11.3 Å². The fourth-order valence-corrected chi connectivity index (χ4v) is 5.94. The van der Waals surface area contributed by atoms with Crippen LogP contribution in [0.2, 0.25) is 18.1 Å². The van der Waals surface area contributed by atoms with E-state index in [1.54, 1.807) is 13.0 Å². The molecule has 0 aliphatic heterocycles. The maximum Gasteiger partial charge on any atom is 0.303 e. The first-order chi connectivity index (χ1) is 15.6. The van der Waals surface area contributed by atoms with Gasteiger partial charge in [0.1, 0.15) is 5.69 Å². The summed E-state index contributed by atoms with van der Waals surface area (Å²) in [7, 11) is -1.83. The summed E-state index contributed by atoms with van der Waals surface area (Å²) in [5.74, 6) is -0.838. The van der Waals surface area contributed by atoms with E-state index in [0.29, 0.717) is 17.2 Å². The predicted octanol–water partition coefficient (Wildman–Crippen LogP) is 6.97. The molecule has 1 atom stereocenters. The normalized spacial score (nSPS) is 20.3. The zero-order valence-electron chi connectivity index (χ0n) is 22.3. The van der Waals surface area contributed by atoms with E-state index in [1.165, 1.54) is 0 Å². The van der Waals surface area contributed by atoms with Crippen LogP contribution in [0.25, 0.3) is 0 Å². The molecule has 1 aliphatic rings. The number of aliphatic carboxylic acids is 1. The van der Waals surface area contributed by atoms with Gasteiger partial charge in [0.25, 0.3) is 5.69 Å². The molecule has 0 bridgehead atoms. The van der Waals surface area contributed by atoms with Crippen molar-refractivity contribution < 1.29 is 19.3 Å². The highest BCUT2D eigenvalue weighted by molar-refractivity contribution is 6.74. The van der Waals surface area contributed by atoms with Crippen molar-refractivity contribution in [1.82, 2.24) is 0 Å². The second-order valence-electron chi connectivity index (χ2n) is 11.9. The van der Waals surface area contributed by atoms with Crippen molar-refractivity contribution in [3.63, 3.8) is 0 Å². The monoisotopic (exact) mass is 492 g/mol. The molecule has 1 saturated carbocycles. The number of benzene rings is 1. The van der Waals surface area contributed by atoms with E-state index in [1.807, 2.05) is 12.1 Å². The summed E-state index contributed by atoms with van der Waals surface area (Å²) in [6.07, 6.45) is 4.03. The van der Waals surface area contributed by atoms with Crippen molar-refractivity contribution in [3.05, 3.63) is 33.9 Å².